The van der Waals surface area contributed by atoms with Crippen LogP contribution in [0.15, 0.2) is 103 Å². The van der Waals surface area contributed by atoms with E-state index >= 15 is 0 Å². The molecule has 0 bridgehead atoms. The van der Waals surface area contributed by atoms with Gasteiger partial charge in [-0.05, 0) is 114 Å². The van der Waals surface area contributed by atoms with Crippen LogP contribution in [0.25, 0.3) is 5.69 Å². The Hall–Kier alpha value is -3.79. The summed E-state index contributed by atoms with van der Waals surface area (Å²) in [5.74, 6) is 1.37. The van der Waals surface area contributed by atoms with Crippen LogP contribution in [-0.4, -0.2) is 16.7 Å². The summed E-state index contributed by atoms with van der Waals surface area (Å²) in [7, 11) is 0. The number of halogens is 3. The molecule has 2 aromatic heterocycles. The molecule has 0 aliphatic rings. The van der Waals surface area contributed by atoms with E-state index in [1.165, 1.54) is 17.6 Å². The largest absolute Gasteiger partial charge is 0.486 e. The van der Waals surface area contributed by atoms with Crippen LogP contribution in [0.4, 0.5) is 0 Å². The van der Waals surface area contributed by atoms with Crippen molar-refractivity contribution in [2.24, 2.45) is 5.10 Å². The van der Waals surface area contributed by atoms with E-state index < -0.39 is 5.91 Å². The molecule has 0 fully saturated rings. The third kappa shape index (κ3) is 7.34. The van der Waals surface area contributed by atoms with E-state index in [1.54, 1.807) is 24.3 Å². The summed E-state index contributed by atoms with van der Waals surface area (Å²) in [6.07, 6.45) is 1.49. The van der Waals surface area contributed by atoms with Gasteiger partial charge in [0.1, 0.15) is 24.7 Å². The van der Waals surface area contributed by atoms with E-state index in [0.717, 1.165) is 15.7 Å². The van der Waals surface area contributed by atoms with Gasteiger partial charge in [0.2, 0.25) is 0 Å². The first-order valence-electron chi connectivity index (χ1n) is 12.9. The van der Waals surface area contributed by atoms with E-state index in [1.807, 2.05) is 48.5 Å². The maximum atomic E-state index is 12.5. The quantitative estimate of drug-likeness (QED) is 0.116. The lowest BCUT2D eigenvalue weighted by Crippen LogP contribution is -2.16. The molecule has 0 radical (unpaired) electrons. The molecule has 10 heteroatoms. The van der Waals surface area contributed by atoms with Crippen molar-refractivity contribution in [2.45, 2.75) is 27.1 Å². The van der Waals surface area contributed by atoms with E-state index in [9.17, 15) is 4.79 Å². The topological polar surface area (TPSA) is 78.0 Å². The van der Waals surface area contributed by atoms with Crippen molar-refractivity contribution < 1.29 is 18.7 Å². The molecule has 0 saturated carbocycles. The zero-order valence-electron chi connectivity index (χ0n) is 22.7. The van der Waals surface area contributed by atoms with E-state index in [2.05, 4.69) is 72.9 Å². The number of carbonyl (C=O) groups is 1. The van der Waals surface area contributed by atoms with Gasteiger partial charge in [0.05, 0.1) is 15.7 Å². The number of furan rings is 1. The van der Waals surface area contributed by atoms with Crippen LogP contribution in [0.2, 0.25) is 5.02 Å². The van der Waals surface area contributed by atoms with Crippen molar-refractivity contribution in [3.8, 4) is 17.2 Å². The van der Waals surface area contributed by atoms with Crippen LogP contribution in [-0.2, 0) is 13.2 Å². The number of carbonyl (C=O) groups excluding carboxylic acids is 1. The molecule has 1 amide bonds. The first-order chi connectivity index (χ1) is 20.3. The van der Waals surface area contributed by atoms with Crippen molar-refractivity contribution in [1.82, 2.24) is 9.99 Å². The second-order valence-corrected chi connectivity index (χ2v) is 11.6. The molecular weight excluding hydrogens is 686 g/mol. The lowest BCUT2D eigenvalue weighted by Gasteiger charge is -2.11. The van der Waals surface area contributed by atoms with Crippen LogP contribution in [0.3, 0.4) is 0 Å². The number of rotatable bonds is 10. The van der Waals surface area contributed by atoms with Gasteiger partial charge in [0.25, 0.3) is 0 Å². The van der Waals surface area contributed by atoms with Gasteiger partial charge >= 0.3 is 5.91 Å². The van der Waals surface area contributed by atoms with Crippen molar-refractivity contribution >= 4 is 55.6 Å². The zero-order valence-corrected chi connectivity index (χ0v) is 26.7. The molecular formula is C32H26Br2ClN3O4. The average molecular weight is 712 g/mol. The first kappa shape index (κ1) is 29.7. The Morgan fingerprint density at radius 2 is 1.64 bits per heavy atom. The Balaban J connectivity index is 1.12. The zero-order chi connectivity index (χ0) is 29.6. The second-order valence-electron chi connectivity index (χ2n) is 9.43. The summed E-state index contributed by atoms with van der Waals surface area (Å²) in [5, 5.41) is 4.45. The molecule has 2 heterocycles. The molecule has 0 spiro atoms. The second kappa shape index (κ2) is 13.5. The van der Waals surface area contributed by atoms with Gasteiger partial charge in [-0.25, -0.2) is 5.43 Å². The van der Waals surface area contributed by atoms with E-state index in [-0.39, 0.29) is 12.4 Å². The SMILES string of the molecule is Cc1ccc(C)n1-c1ccc(OCc2ccc(C(=O)N/N=C/c3cc(Cl)c(OCc4ccc(Br)cc4)c(Br)c3)o2)cc1. The average Bonchev–Trinajstić information content (AvgIpc) is 3.59. The molecule has 214 valence electrons. The Morgan fingerprint density at radius 1 is 0.929 bits per heavy atom. The molecule has 1 N–H and O–H groups in total. The van der Waals surface area contributed by atoms with Crippen LogP contribution < -0.4 is 14.9 Å². The first-order valence-corrected chi connectivity index (χ1v) is 14.9. The maximum absolute atomic E-state index is 12.5. The summed E-state index contributed by atoms with van der Waals surface area (Å²) in [5.41, 5.74) is 7.55. The third-order valence-electron chi connectivity index (χ3n) is 6.33. The van der Waals surface area contributed by atoms with Crippen LogP contribution in [0.5, 0.6) is 11.5 Å². The molecule has 5 aromatic rings. The Morgan fingerprint density at radius 3 is 2.33 bits per heavy atom. The standard InChI is InChI=1S/C32H26Br2ClN3O4/c1-20-3-4-21(2)38(20)25-9-11-26(12-10-25)40-19-27-13-14-30(42-27)32(39)37-36-17-23-15-28(34)31(29(35)16-23)41-18-22-5-7-24(33)8-6-22/h3-17H,18-19H2,1-2H3,(H,37,39)/b36-17+. The number of nitrogens with one attached hydrogen (secondary N) is 1. The number of amides is 1. The number of nitrogens with zero attached hydrogens (tertiary/aromatic N) is 2. The minimum Gasteiger partial charge on any atom is -0.486 e. The maximum Gasteiger partial charge on any atom is 0.307 e. The number of ether oxygens (including phenoxy) is 2. The highest BCUT2D eigenvalue weighted by Gasteiger charge is 2.12. The van der Waals surface area contributed by atoms with Crippen LogP contribution >= 0.6 is 43.5 Å². The van der Waals surface area contributed by atoms with Gasteiger partial charge in [-0.3, -0.25) is 4.79 Å². The summed E-state index contributed by atoms with van der Waals surface area (Å²) >= 11 is 13.4. The van der Waals surface area contributed by atoms with Gasteiger partial charge < -0.3 is 18.5 Å². The fourth-order valence-corrected chi connectivity index (χ4v) is 5.50. The summed E-state index contributed by atoms with van der Waals surface area (Å²) in [6.45, 7) is 4.69. The highest BCUT2D eigenvalue weighted by Crippen LogP contribution is 2.35. The molecule has 0 aliphatic carbocycles. The van der Waals surface area contributed by atoms with Crippen LogP contribution in [0, 0.1) is 13.8 Å². The normalized spacial score (nSPS) is 11.2. The van der Waals surface area contributed by atoms with E-state index in [4.69, 9.17) is 25.5 Å². The fourth-order valence-electron chi connectivity index (χ4n) is 4.25. The van der Waals surface area contributed by atoms with Crippen molar-refractivity contribution in [3.63, 3.8) is 0 Å². The van der Waals surface area contributed by atoms with Crippen molar-refractivity contribution in [1.29, 1.82) is 0 Å². The van der Waals surface area contributed by atoms with Crippen LogP contribution in [0.1, 0.15) is 38.8 Å². The number of hydrogen-bond acceptors (Lipinski definition) is 5. The predicted molar refractivity (Wildman–Crippen MR) is 171 cm³/mol. The summed E-state index contributed by atoms with van der Waals surface area (Å²) in [4.78, 5) is 12.5. The Bertz CT molecular complexity index is 1690. The smallest absolute Gasteiger partial charge is 0.307 e. The van der Waals surface area contributed by atoms with Gasteiger partial charge in [-0.15, -0.1) is 0 Å². The van der Waals surface area contributed by atoms with Gasteiger partial charge in [-0.2, -0.15) is 5.10 Å². The van der Waals surface area contributed by atoms with Gasteiger partial charge in [-0.1, -0.05) is 39.7 Å². The Labute approximate surface area is 265 Å². The molecule has 0 saturated heterocycles. The van der Waals surface area contributed by atoms with E-state index in [0.29, 0.717) is 38.9 Å². The lowest BCUT2D eigenvalue weighted by molar-refractivity contribution is 0.0923. The molecule has 5 rings (SSSR count). The van der Waals surface area contributed by atoms with Crippen molar-refractivity contribution in [2.75, 3.05) is 0 Å². The van der Waals surface area contributed by atoms with Crippen molar-refractivity contribution in [3.05, 3.63) is 133 Å². The molecule has 0 atom stereocenters. The number of benzene rings is 3. The number of hydrogen-bond donors (Lipinski definition) is 1. The molecule has 3 aromatic carbocycles. The molecule has 7 nitrogen and oxygen atoms in total. The number of aromatic nitrogens is 1. The number of aryl methyl sites for hydroxylation is 2. The van der Waals surface area contributed by atoms with Gasteiger partial charge in [0, 0.05) is 21.5 Å². The van der Waals surface area contributed by atoms with Gasteiger partial charge in [0.15, 0.2) is 11.5 Å². The Kier molecular flexibility index (Phi) is 9.51. The minimum atomic E-state index is -0.487. The lowest BCUT2D eigenvalue weighted by atomic mass is 10.2. The fraction of sp³-hybridized carbons (Fsp3) is 0.125. The molecule has 0 aliphatic heterocycles. The monoisotopic (exact) mass is 709 g/mol. The summed E-state index contributed by atoms with van der Waals surface area (Å²) < 4.78 is 21.2. The predicted octanol–water partition coefficient (Wildman–Crippen LogP) is 8.79. The minimum absolute atomic E-state index is 0.121. The third-order valence-corrected chi connectivity index (χ3v) is 7.73. The summed E-state index contributed by atoms with van der Waals surface area (Å²) in [6, 6.07) is 26.6. The number of hydrazone groups is 1. The molecule has 0 unspecified atom stereocenters. The molecule has 42 heavy (non-hydrogen) atoms. The highest BCUT2D eigenvalue weighted by atomic mass is 79.9. The highest BCUT2D eigenvalue weighted by molar-refractivity contribution is 9.10.